The van der Waals surface area contributed by atoms with Crippen LogP contribution < -0.4 is 5.32 Å². The molecule has 6 aromatic heterocycles. The van der Waals surface area contributed by atoms with Crippen LogP contribution in [0.2, 0.25) is 5.15 Å². The van der Waals surface area contributed by atoms with Crippen molar-refractivity contribution in [2.75, 3.05) is 11.9 Å². The van der Waals surface area contributed by atoms with E-state index in [-0.39, 0.29) is 15.2 Å². The zero-order chi connectivity index (χ0) is 32.0. The van der Waals surface area contributed by atoms with E-state index >= 15 is 0 Å². The number of nitrogens with zero attached hydrogens (tertiary/aromatic N) is 10. The van der Waals surface area contributed by atoms with Crippen molar-refractivity contribution in [2.45, 2.75) is 6.42 Å². The van der Waals surface area contributed by atoms with Gasteiger partial charge in [-0.15, -0.1) is 0 Å². The van der Waals surface area contributed by atoms with E-state index < -0.39 is 9.85 Å². The van der Waals surface area contributed by atoms with Gasteiger partial charge in [-0.25, -0.2) is 29.9 Å². The van der Waals surface area contributed by atoms with E-state index in [0.717, 1.165) is 29.1 Å². The molecule has 228 valence electrons. The van der Waals surface area contributed by atoms with Gasteiger partial charge < -0.3 is 5.32 Å². The number of thiophene rings is 2. The number of fused-ring (bicyclic) bond motifs is 2. The van der Waals surface area contributed by atoms with E-state index in [0.29, 0.717) is 55.8 Å². The molecule has 7 aromatic rings. The van der Waals surface area contributed by atoms with Gasteiger partial charge in [0.1, 0.15) is 32.0 Å². The molecule has 0 bridgehead atoms. The van der Waals surface area contributed by atoms with E-state index in [9.17, 15) is 20.2 Å². The number of halogens is 1. The summed E-state index contributed by atoms with van der Waals surface area (Å²) in [5.74, 6) is 1.23. The molecule has 18 heteroatoms. The van der Waals surface area contributed by atoms with Gasteiger partial charge in [-0.05, 0) is 34.7 Å². The predicted molar refractivity (Wildman–Crippen MR) is 174 cm³/mol. The minimum Gasteiger partial charge on any atom is -0.369 e. The normalized spacial score (nSPS) is 10.8. The van der Waals surface area contributed by atoms with Crippen LogP contribution in [0.5, 0.6) is 0 Å². The highest BCUT2D eigenvalue weighted by atomic mass is 35.5. The first kappa shape index (κ1) is 30.4. The second-order valence-electron chi connectivity index (χ2n) is 9.20. The van der Waals surface area contributed by atoms with Crippen LogP contribution in [0, 0.1) is 20.2 Å². The molecule has 1 N–H and O–H groups in total. The summed E-state index contributed by atoms with van der Waals surface area (Å²) in [6.45, 7) is 0.639. The highest BCUT2D eigenvalue weighted by Crippen LogP contribution is 2.36. The summed E-state index contributed by atoms with van der Waals surface area (Å²) < 4.78 is 0. The fourth-order valence-corrected chi connectivity index (χ4v) is 6.10. The van der Waals surface area contributed by atoms with Crippen molar-refractivity contribution in [3.05, 3.63) is 111 Å². The first-order chi connectivity index (χ1) is 22.4. The average molecular weight is 672 g/mol. The van der Waals surface area contributed by atoms with E-state index in [4.69, 9.17) is 11.6 Å². The molecule has 0 aliphatic carbocycles. The maximum absolute atomic E-state index is 11.2. The second kappa shape index (κ2) is 13.6. The monoisotopic (exact) mass is 671 g/mol. The number of benzene rings is 1. The fraction of sp³-hybridized carbons (Fsp3) is 0.0714. The number of anilines is 1. The van der Waals surface area contributed by atoms with E-state index in [2.05, 4.69) is 57.3 Å². The van der Waals surface area contributed by atoms with Crippen molar-refractivity contribution in [3.8, 4) is 23.0 Å². The molecule has 0 atom stereocenters. The molecule has 0 unspecified atom stereocenters. The van der Waals surface area contributed by atoms with E-state index in [1.54, 1.807) is 18.6 Å². The van der Waals surface area contributed by atoms with Gasteiger partial charge in [-0.2, -0.15) is 0 Å². The van der Waals surface area contributed by atoms with Crippen molar-refractivity contribution in [1.29, 1.82) is 0 Å². The van der Waals surface area contributed by atoms with Crippen molar-refractivity contribution in [3.63, 3.8) is 0 Å². The Labute approximate surface area is 271 Å². The smallest absolute Gasteiger partial charge is 0.326 e. The van der Waals surface area contributed by atoms with Crippen molar-refractivity contribution >= 4 is 70.5 Å². The molecule has 15 nitrogen and oxygen atoms in total. The van der Waals surface area contributed by atoms with Gasteiger partial charge in [0.15, 0.2) is 11.6 Å². The Morgan fingerprint density at radius 2 is 1.30 bits per heavy atom. The number of hydrogen-bond donors (Lipinski definition) is 1. The summed E-state index contributed by atoms with van der Waals surface area (Å²) in [4.78, 5) is 55.5. The zero-order valence-corrected chi connectivity index (χ0v) is 25.6. The van der Waals surface area contributed by atoms with Gasteiger partial charge in [0.25, 0.3) is 0 Å². The van der Waals surface area contributed by atoms with Gasteiger partial charge in [0.2, 0.25) is 0 Å². The fourth-order valence-electron chi connectivity index (χ4n) is 4.13. The summed E-state index contributed by atoms with van der Waals surface area (Å²) in [5, 5.41) is 26.4. The van der Waals surface area contributed by atoms with Crippen LogP contribution in [0.15, 0.2) is 79.6 Å². The third kappa shape index (κ3) is 6.85. The van der Waals surface area contributed by atoms with Crippen molar-refractivity contribution < 1.29 is 9.85 Å². The lowest BCUT2D eigenvalue weighted by Crippen LogP contribution is -2.07. The Hall–Kier alpha value is -5.65. The molecule has 0 aliphatic heterocycles. The number of aromatic nitrogens is 8. The number of hydrogen-bond acceptors (Lipinski definition) is 15. The average Bonchev–Trinajstić information content (AvgIpc) is 3.72. The first-order valence-electron chi connectivity index (χ1n) is 13.2. The minimum atomic E-state index is -0.481. The molecule has 1 aromatic carbocycles. The number of rotatable bonds is 8. The molecule has 0 radical (unpaired) electrons. The van der Waals surface area contributed by atoms with Crippen LogP contribution in [0.3, 0.4) is 0 Å². The lowest BCUT2D eigenvalue weighted by atomic mass is 10.1. The molecule has 7 rings (SSSR count). The Balaban J connectivity index is 0.000000172. The molecule has 0 fully saturated rings. The molecular formula is C28H18ClN11O4S2. The maximum Gasteiger partial charge on any atom is 0.326 e. The van der Waals surface area contributed by atoms with Crippen LogP contribution in [-0.2, 0) is 6.42 Å². The van der Waals surface area contributed by atoms with Gasteiger partial charge in [0.05, 0.1) is 33.0 Å². The Morgan fingerprint density at radius 3 is 1.87 bits per heavy atom. The van der Waals surface area contributed by atoms with Crippen LogP contribution in [-0.4, -0.2) is 56.3 Å². The van der Waals surface area contributed by atoms with Crippen LogP contribution in [0.25, 0.3) is 43.5 Å². The number of nitrogens with one attached hydrogen (secondary N) is 1. The zero-order valence-electron chi connectivity index (χ0n) is 23.2. The van der Waals surface area contributed by atoms with Crippen LogP contribution >= 0.6 is 34.3 Å². The molecule has 6 heterocycles. The van der Waals surface area contributed by atoms with Gasteiger partial charge in [-0.3, -0.25) is 30.2 Å². The molecule has 46 heavy (non-hydrogen) atoms. The highest BCUT2D eigenvalue weighted by molar-refractivity contribution is 7.22. The molecule has 0 spiro atoms. The molecule has 0 aliphatic rings. The third-order valence-corrected chi connectivity index (χ3v) is 8.46. The quantitative estimate of drug-likeness (QED) is 0.105. The van der Waals surface area contributed by atoms with Crippen molar-refractivity contribution in [1.82, 2.24) is 39.9 Å². The van der Waals surface area contributed by atoms with E-state index in [1.807, 2.05) is 18.2 Å². The highest BCUT2D eigenvalue weighted by Gasteiger charge is 2.19. The molecular weight excluding hydrogens is 654 g/mol. The van der Waals surface area contributed by atoms with Crippen LogP contribution in [0.1, 0.15) is 5.56 Å². The van der Waals surface area contributed by atoms with Gasteiger partial charge in [0, 0.05) is 43.5 Å². The van der Waals surface area contributed by atoms with E-state index in [1.165, 1.54) is 36.3 Å². The minimum absolute atomic E-state index is 0.0255. The molecule has 0 amide bonds. The summed E-state index contributed by atoms with van der Waals surface area (Å²) in [6, 6.07) is 12.9. The SMILES string of the molecule is O=[N+]([O-])c1cc2c(Cl)nc(-c3cnccn3)nc2s1.O=[N+]([O-])c1cc2c(NCCc3ccccc3)nc(-c3cnccn3)nc2s1. The lowest BCUT2D eigenvalue weighted by molar-refractivity contribution is -0.380. The topological polar surface area (TPSA) is 201 Å². The maximum atomic E-state index is 11.2. The summed E-state index contributed by atoms with van der Waals surface area (Å²) in [7, 11) is 0. The van der Waals surface area contributed by atoms with Crippen LogP contribution in [0.4, 0.5) is 15.8 Å². The third-order valence-electron chi connectivity index (χ3n) is 6.21. The molecule has 0 saturated carbocycles. The second-order valence-corrected chi connectivity index (χ2v) is 11.6. The van der Waals surface area contributed by atoms with Gasteiger partial charge in [-0.1, -0.05) is 41.9 Å². The van der Waals surface area contributed by atoms with Gasteiger partial charge >= 0.3 is 10.0 Å². The largest absolute Gasteiger partial charge is 0.369 e. The standard InChI is InChI=1S/C18H14N6O2S.C10H4ClN5O2S/c25-24(26)15-10-13-16(21-7-6-12-4-2-1-3-5-12)22-17(23-18(13)27-15)14-11-19-8-9-20-14;11-8-5-3-7(16(17)18)19-10(5)15-9(14-8)6-4-12-1-2-13-6/h1-5,8-11H,6-7H2,(H,21,22,23);1-4H. The Morgan fingerprint density at radius 1 is 0.739 bits per heavy atom. The van der Waals surface area contributed by atoms with Crippen molar-refractivity contribution in [2.24, 2.45) is 0 Å². The summed E-state index contributed by atoms with van der Waals surface area (Å²) in [6.07, 6.45) is 10.0. The lowest BCUT2D eigenvalue weighted by Gasteiger charge is -2.08. The summed E-state index contributed by atoms with van der Waals surface area (Å²) in [5.41, 5.74) is 2.17. The summed E-state index contributed by atoms with van der Waals surface area (Å²) >= 11 is 7.98. The first-order valence-corrected chi connectivity index (χ1v) is 15.2. The number of nitro groups is 2. The predicted octanol–water partition coefficient (Wildman–Crippen LogP) is 6.42. The Kier molecular flexibility index (Phi) is 8.95. The molecule has 0 saturated heterocycles. The Bertz CT molecular complexity index is 2170.